The molecule has 88 valence electrons. The molecule has 0 aliphatic carbocycles. The summed E-state index contributed by atoms with van der Waals surface area (Å²) >= 11 is 12.6. The molecule has 1 amide bonds. The molecule has 1 aromatic heterocycles. The lowest BCUT2D eigenvalue weighted by Gasteiger charge is -2.20. The van der Waals surface area contributed by atoms with Gasteiger partial charge in [-0.05, 0) is 13.0 Å². The molecule has 16 heavy (non-hydrogen) atoms. The fraction of sp³-hybridized carbons (Fsp3) is 0.333. The molecule has 7 heteroatoms. The number of nitrogens with zero attached hydrogens (tertiary/aromatic N) is 1. The number of thiophene rings is 1. The van der Waals surface area contributed by atoms with Gasteiger partial charge in [-0.25, -0.2) is 4.79 Å². The number of amides is 1. The molecule has 0 aromatic carbocycles. The van der Waals surface area contributed by atoms with E-state index >= 15 is 0 Å². The van der Waals surface area contributed by atoms with E-state index < -0.39 is 17.9 Å². The van der Waals surface area contributed by atoms with Crippen LogP contribution in [0, 0.1) is 0 Å². The van der Waals surface area contributed by atoms with Crippen LogP contribution in [0.4, 0.5) is 0 Å². The van der Waals surface area contributed by atoms with Gasteiger partial charge in [-0.2, -0.15) is 0 Å². The second-order valence-corrected chi connectivity index (χ2v) is 5.45. The number of aliphatic carboxylic acids is 1. The molecule has 1 rings (SSSR count). The van der Waals surface area contributed by atoms with Crippen LogP contribution in [0.5, 0.6) is 0 Å². The first-order valence-corrected chi connectivity index (χ1v) is 5.86. The highest BCUT2D eigenvalue weighted by Crippen LogP contribution is 2.31. The van der Waals surface area contributed by atoms with Gasteiger partial charge in [0.25, 0.3) is 5.91 Å². The summed E-state index contributed by atoms with van der Waals surface area (Å²) < 4.78 is 0.657. The number of rotatable bonds is 3. The minimum Gasteiger partial charge on any atom is -0.480 e. The number of carbonyl (C=O) groups is 2. The zero-order valence-corrected chi connectivity index (χ0v) is 10.9. The maximum atomic E-state index is 11.9. The van der Waals surface area contributed by atoms with Crippen LogP contribution >= 0.6 is 34.5 Å². The fourth-order valence-corrected chi connectivity index (χ4v) is 2.47. The van der Waals surface area contributed by atoms with E-state index in [4.69, 9.17) is 28.3 Å². The summed E-state index contributed by atoms with van der Waals surface area (Å²) in [5.41, 5.74) is 0.229. The van der Waals surface area contributed by atoms with E-state index in [2.05, 4.69) is 0 Å². The molecule has 0 spiro atoms. The van der Waals surface area contributed by atoms with Gasteiger partial charge >= 0.3 is 5.97 Å². The molecule has 1 aromatic rings. The SMILES string of the molecule is CC(C(=O)O)N(C)C(=O)c1cc(Cl)sc1Cl. The molecule has 0 fully saturated rings. The van der Waals surface area contributed by atoms with Crippen LogP contribution in [0.2, 0.25) is 8.67 Å². The summed E-state index contributed by atoms with van der Waals surface area (Å²) in [6.45, 7) is 1.42. The van der Waals surface area contributed by atoms with Crippen LogP contribution in [-0.2, 0) is 4.79 Å². The number of carboxylic acid groups (broad SMARTS) is 1. The van der Waals surface area contributed by atoms with Gasteiger partial charge in [0, 0.05) is 7.05 Å². The maximum Gasteiger partial charge on any atom is 0.326 e. The molecule has 0 bridgehead atoms. The van der Waals surface area contributed by atoms with Gasteiger partial charge in [0.05, 0.1) is 9.90 Å². The Morgan fingerprint density at radius 3 is 2.44 bits per heavy atom. The summed E-state index contributed by atoms with van der Waals surface area (Å²) in [6, 6.07) is 0.518. The standard InChI is InChI=1S/C9H9Cl2NO3S/c1-4(9(14)15)12(2)8(13)5-3-6(10)16-7(5)11/h3-4H,1-2H3,(H,14,15). The zero-order valence-electron chi connectivity index (χ0n) is 8.53. The van der Waals surface area contributed by atoms with Gasteiger partial charge in [0.1, 0.15) is 10.4 Å². The normalized spacial score (nSPS) is 12.2. The van der Waals surface area contributed by atoms with Crippen LogP contribution in [0.3, 0.4) is 0 Å². The highest BCUT2D eigenvalue weighted by molar-refractivity contribution is 7.20. The van der Waals surface area contributed by atoms with E-state index in [0.29, 0.717) is 4.34 Å². The first-order valence-electron chi connectivity index (χ1n) is 4.29. The van der Waals surface area contributed by atoms with E-state index in [1.165, 1.54) is 20.0 Å². The van der Waals surface area contributed by atoms with Crippen molar-refractivity contribution in [1.82, 2.24) is 4.90 Å². The van der Waals surface area contributed by atoms with Gasteiger partial charge in [0.2, 0.25) is 0 Å². The minimum absolute atomic E-state index is 0.229. The van der Waals surface area contributed by atoms with Crippen molar-refractivity contribution in [2.45, 2.75) is 13.0 Å². The van der Waals surface area contributed by atoms with Gasteiger partial charge in [-0.3, -0.25) is 4.79 Å². The van der Waals surface area contributed by atoms with E-state index in [9.17, 15) is 9.59 Å². The molecule has 0 radical (unpaired) electrons. The van der Waals surface area contributed by atoms with Crippen LogP contribution < -0.4 is 0 Å². The third-order valence-corrected chi connectivity index (χ3v) is 3.63. The van der Waals surface area contributed by atoms with Crippen LogP contribution in [0.15, 0.2) is 6.07 Å². The molecule has 1 unspecified atom stereocenters. The Labute approximate surface area is 106 Å². The summed E-state index contributed by atoms with van der Waals surface area (Å²) in [6.07, 6.45) is 0. The molecular formula is C9H9Cl2NO3S. The molecule has 0 aliphatic rings. The molecule has 4 nitrogen and oxygen atoms in total. The Hall–Kier alpha value is -0.780. The highest BCUT2D eigenvalue weighted by atomic mass is 35.5. The van der Waals surface area contributed by atoms with Crippen molar-refractivity contribution in [2.24, 2.45) is 0 Å². The first kappa shape index (κ1) is 13.3. The molecule has 1 N–H and O–H groups in total. The highest BCUT2D eigenvalue weighted by Gasteiger charge is 2.25. The topological polar surface area (TPSA) is 57.6 Å². The summed E-state index contributed by atoms with van der Waals surface area (Å²) in [7, 11) is 1.41. The van der Waals surface area contributed by atoms with Crippen molar-refractivity contribution in [3.05, 3.63) is 20.3 Å². The number of likely N-dealkylation sites (N-methyl/N-ethyl adjacent to an activating group) is 1. The third kappa shape index (κ3) is 2.66. The van der Waals surface area contributed by atoms with E-state index in [0.717, 1.165) is 16.2 Å². The lowest BCUT2D eigenvalue weighted by Crippen LogP contribution is -2.40. The molecule has 0 saturated heterocycles. The van der Waals surface area contributed by atoms with E-state index in [1.54, 1.807) is 0 Å². The Morgan fingerprint density at radius 2 is 2.06 bits per heavy atom. The fourth-order valence-electron chi connectivity index (χ4n) is 1.02. The second kappa shape index (κ2) is 5.03. The molecule has 1 heterocycles. The van der Waals surface area contributed by atoms with Crippen LogP contribution in [0.25, 0.3) is 0 Å². The summed E-state index contributed by atoms with van der Waals surface area (Å²) in [5, 5.41) is 8.77. The first-order chi connectivity index (χ1) is 7.34. The maximum absolute atomic E-state index is 11.9. The van der Waals surface area contributed by atoms with Crippen LogP contribution in [0.1, 0.15) is 17.3 Å². The third-order valence-electron chi connectivity index (χ3n) is 2.15. The quantitative estimate of drug-likeness (QED) is 0.927. The van der Waals surface area contributed by atoms with Crippen molar-refractivity contribution in [1.29, 1.82) is 0 Å². The molecule has 0 saturated carbocycles. The lowest BCUT2D eigenvalue weighted by molar-refractivity contribution is -0.141. The van der Waals surface area contributed by atoms with Crippen molar-refractivity contribution >= 4 is 46.4 Å². The Kier molecular flexibility index (Phi) is 4.18. The average Bonchev–Trinajstić information content (AvgIpc) is 2.54. The number of carbonyl (C=O) groups excluding carboxylic acids is 1. The number of carboxylic acids is 1. The van der Waals surface area contributed by atoms with Gasteiger partial charge in [-0.1, -0.05) is 23.2 Å². The molecular weight excluding hydrogens is 273 g/mol. The largest absolute Gasteiger partial charge is 0.480 e. The molecule has 1 atom stereocenters. The Bertz CT molecular complexity index is 432. The predicted molar refractivity (Wildman–Crippen MR) is 63.5 cm³/mol. The van der Waals surface area contributed by atoms with Crippen LogP contribution in [-0.4, -0.2) is 35.0 Å². The Morgan fingerprint density at radius 1 is 1.50 bits per heavy atom. The second-order valence-electron chi connectivity index (χ2n) is 3.17. The monoisotopic (exact) mass is 281 g/mol. The smallest absolute Gasteiger partial charge is 0.326 e. The van der Waals surface area contributed by atoms with Crippen molar-refractivity contribution in [3.8, 4) is 0 Å². The van der Waals surface area contributed by atoms with E-state index in [-0.39, 0.29) is 9.90 Å². The molecule has 0 aliphatic heterocycles. The predicted octanol–water partition coefficient (Wildman–Crippen LogP) is 2.60. The zero-order chi connectivity index (χ0) is 12.5. The van der Waals surface area contributed by atoms with Gasteiger partial charge in [0.15, 0.2) is 0 Å². The lowest BCUT2D eigenvalue weighted by atomic mass is 10.2. The van der Waals surface area contributed by atoms with Gasteiger partial charge < -0.3 is 10.0 Å². The minimum atomic E-state index is -1.08. The van der Waals surface area contributed by atoms with E-state index in [1.807, 2.05) is 0 Å². The number of halogens is 2. The number of hydrogen-bond donors (Lipinski definition) is 1. The number of hydrogen-bond acceptors (Lipinski definition) is 3. The van der Waals surface area contributed by atoms with Crippen molar-refractivity contribution in [3.63, 3.8) is 0 Å². The summed E-state index contributed by atoms with van der Waals surface area (Å²) in [5.74, 6) is -1.53. The summed E-state index contributed by atoms with van der Waals surface area (Å²) in [4.78, 5) is 23.7. The Balaban J connectivity index is 2.94. The van der Waals surface area contributed by atoms with Gasteiger partial charge in [-0.15, -0.1) is 11.3 Å². The van der Waals surface area contributed by atoms with Crippen molar-refractivity contribution in [2.75, 3.05) is 7.05 Å². The van der Waals surface area contributed by atoms with Crippen molar-refractivity contribution < 1.29 is 14.7 Å². The average molecular weight is 282 g/mol.